The van der Waals surface area contributed by atoms with E-state index >= 15 is 0 Å². The maximum Gasteiger partial charge on any atom is 0.341 e. The van der Waals surface area contributed by atoms with Crippen molar-refractivity contribution in [2.24, 2.45) is 0 Å². The van der Waals surface area contributed by atoms with Crippen LogP contribution in [0.4, 0.5) is 5.00 Å². The van der Waals surface area contributed by atoms with Gasteiger partial charge in [-0.25, -0.2) is 9.59 Å². The molecule has 8 heteroatoms. The lowest BCUT2D eigenvalue weighted by atomic mass is 10.1. The van der Waals surface area contributed by atoms with Crippen LogP contribution in [0.2, 0.25) is 0 Å². The molecule has 1 N–H and O–H groups in total. The first kappa shape index (κ1) is 21.1. The number of hydrogen-bond acceptors (Lipinski definition) is 7. The average molecular weight is 442 g/mol. The number of rotatable bonds is 6. The van der Waals surface area contributed by atoms with Gasteiger partial charge in [0.05, 0.1) is 12.2 Å². The SMILES string of the molecule is CCOC(=O)c1c(NC(=O)[C@H](C)Oc2ccc3c(C)cc(=O)oc3c2)sc2c1CCC2. The molecular weight excluding hydrogens is 418 g/mol. The summed E-state index contributed by atoms with van der Waals surface area (Å²) in [6.07, 6.45) is 1.87. The van der Waals surface area contributed by atoms with Gasteiger partial charge in [0.25, 0.3) is 5.91 Å². The van der Waals surface area contributed by atoms with Gasteiger partial charge in [0, 0.05) is 22.4 Å². The Labute approximate surface area is 183 Å². The Morgan fingerprint density at radius 2 is 2.06 bits per heavy atom. The first-order valence-electron chi connectivity index (χ1n) is 10.2. The molecule has 2 heterocycles. The summed E-state index contributed by atoms with van der Waals surface area (Å²) in [5, 5.41) is 4.14. The van der Waals surface area contributed by atoms with Gasteiger partial charge < -0.3 is 19.2 Å². The third kappa shape index (κ3) is 4.20. The van der Waals surface area contributed by atoms with Crippen LogP contribution in [0.3, 0.4) is 0 Å². The molecule has 1 aromatic carbocycles. The van der Waals surface area contributed by atoms with E-state index in [2.05, 4.69) is 5.32 Å². The normalized spacial score (nSPS) is 13.6. The highest BCUT2D eigenvalue weighted by atomic mass is 32.1. The van der Waals surface area contributed by atoms with Gasteiger partial charge in [-0.15, -0.1) is 11.3 Å². The zero-order valence-corrected chi connectivity index (χ0v) is 18.4. The molecule has 0 unspecified atom stereocenters. The number of fused-ring (bicyclic) bond motifs is 2. The zero-order valence-electron chi connectivity index (χ0n) is 17.6. The summed E-state index contributed by atoms with van der Waals surface area (Å²) in [4.78, 5) is 38.0. The van der Waals surface area contributed by atoms with Crippen molar-refractivity contribution in [3.05, 3.63) is 56.3 Å². The van der Waals surface area contributed by atoms with E-state index in [1.807, 2.05) is 6.92 Å². The summed E-state index contributed by atoms with van der Waals surface area (Å²) >= 11 is 1.42. The highest BCUT2D eigenvalue weighted by molar-refractivity contribution is 7.17. The van der Waals surface area contributed by atoms with E-state index in [0.29, 0.717) is 21.9 Å². The predicted octanol–water partition coefficient (Wildman–Crippen LogP) is 4.23. The molecule has 0 bridgehead atoms. The maximum atomic E-state index is 12.8. The Balaban J connectivity index is 1.53. The number of nitrogens with one attached hydrogen (secondary N) is 1. The largest absolute Gasteiger partial charge is 0.481 e. The number of amides is 1. The molecule has 0 saturated carbocycles. The maximum absolute atomic E-state index is 12.8. The van der Waals surface area contributed by atoms with E-state index in [-0.39, 0.29) is 12.5 Å². The molecule has 162 valence electrons. The van der Waals surface area contributed by atoms with E-state index in [9.17, 15) is 14.4 Å². The zero-order chi connectivity index (χ0) is 22.1. The van der Waals surface area contributed by atoms with Crippen molar-refractivity contribution in [2.75, 3.05) is 11.9 Å². The van der Waals surface area contributed by atoms with Crippen LogP contribution in [0, 0.1) is 6.92 Å². The number of anilines is 1. The van der Waals surface area contributed by atoms with Crippen LogP contribution >= 0.6 is 11.3 Å². The predicted molar refractivity (Wildman–Crippen MR) is 118 cm³/mol. The Morgan fingerprint density at radius 1 is 1.26 bits per heavy atom. The van der Waals surface area contributed by atoms with Crippen molar-refractivity contribution in [3.8, 4) is 5.75 Å². The fraction of sp³-hybridized carbons (Fsp3) is 0.348. The third-order valence-electron chi connectivity index (χ3n) is 5.24. The van der Waals surface area contributed by atoms with Crippen LogP contribution in [-0.2, 0) is 22.4 Å². The van der Waals surface area contributed by atoms with Crippen LogP contribution < -0.4 is 15.7 Å². The van der Waals surface area contributed by atoms with Crippen molar-refractivity contribution in [2.45, 2.75) is 46.1 Å². The summed E-state index contributed by atoms with van der Waals surface area (Å²) in [6.45, 7) is 5.48. The standard InChI is InChI=1S/C23H23NO6S/c1-4-28-23(27)20-16-6-5-7-18(16)31-22(20)24-21(26)13(3)29-14-8-9-15-12(2)10-19(25)30-17(15)11-14/h8-11,13H,4-7H2,1-3H3,(H,24,26)/t13-/m0/s1. The Hall–Kier alpha value is -3.13. The second-order valence-electron chi connectivity index (χ2n) is 7.44. The van der Waals surface area contributed by atoms with Crippen molar-refractivity contribution >= 4 is 39.2 Å². The highest BCUT2D eigenvalue weighted by Gasteiger charge is 2.29. The minimum Gasteiger partial charge on any atom is -0.481 e. The van der Waals surface area contributed by atoms with Gasteiger partial charge in [-0.05, 0) is 63.3 Å². The van der Waals surface area contributed by atoms with Crippen molar-refractivity contribution in [1.29, 1.82) is 0 Å². The molecule has 0 radical (unpaired) electrons. The summed E-state index contributed by atoms with van der Waals surface area (Å²) in [5.74, 6) is -0.384. The topological polar surface area (TPSA) is 94.8 Å². The van der Waals surface area contributed by atoms with E-state index < -0.39 is 17.7 Å². The van der Waals surface area contributed by atoms with Crippen LogP contribution in [0.5, 0.6) is 5.75 Å². The number of hydrogen-bond donors (Lipinski definition) is 1. The second kappa shape index (κ2) is 8.55. The summed E-state index contributed by atoms with van der Waals surface area (Å²) in [7, 11) is 0. The lowest BCUT2D eigenvalue weighted by Gasteiger charge is -2.15. The fourth-order valence-corrected chi connectivity index (χ4v) is 5.04. The molecule has 1 atom stereocenters. The number of benzene rings is 1. The van der Waals surface area contributed by atoms with E-state index in [1.54, 1.807) is 32.0 Å². The molecule has 1 aliphatic rings. The summed E-state index contributed by atoms with van der Waals surface area (Å²) in [6, 6.07) is 6.54. The molecule has 31 heavy (non-hydrogen) atoms. The first-order chi connectivity index (χ1) is 14.9. The number of ether oxygens (including phenoxy) is 2. The van der Waals surface area contributed by atoms with Gasteiger partial charge in [-0.3, -0.25) is 4.79 Å². The van der Waals surface area contributed by atoms with E-state index in [1.165, 1.54) is 17.4 Å². The Morgan fingerprint density at radius 3 is 2.84 bits per heavy atom. The van der Waals surface area contributed by atoms with Crippen LogP contribution in [0.15, 0.2) is 33.5 Å². The molecule has 0 fully saturated rings. The minimum atomic E-state index is -0.832. The lowest BCUT2D eigenvalue weighted by molar-refractivity contribution is -0.122. The summed E-state index contributed by atoms with van der Waals surface area (Å²) < 4.78 is 16.2. The third-order valence-corrected chi connectivity index (χ3v) is 6.45. The summed E-state index contributed by atoms with van der Waals surface area (Å²) in [5.41, 5.74) is 2.20. The quantitative estimate of drug-likeness (QED) is 0.454. The van der Waals surface area contributed by atoms with Crippen molar-refractivity contribution < 1.29 is 23.5 Å². The fourth-order valence-electron chi connectivity index (χ4n) is 3.76. The average Bonchev–Trinajstić information content (AvgIpc) is 3.28. The van der Waals surface area contributed by atoms with Crippen LogP contribution in [-0.4, -0.2) is 24.6 Å². The smallest absolute Gasteiger partial charge is 0.341 e. The van der Waals surface area contributed by atoms with Gasteiger partial charge in [-0.2, -0.15) is 0 Å². The molecule has 0 spiro atoms. The Bertz CT molecular complexity index is 1220. The number of aryl methyl sites for hydroxylation is 2. The molecule has 7 nitrogen and oxygen atoms in total. The molecular formula is C23H23NO6S. The first-order valence-corrected chi connectivity index (χ1v) is 11.0. The molecule has 2 aromatic heterocycles. The van der Waals surface area contributed by atoms with Crippen molar-refractivity contribution in [1.82, 2.24) is 0 Å². The number of carbonyl (C=O) groups excluding carboxylic acids is 2. The Kier molecular flexibility index (Phi) is 5.82. The van der Waals surface area contributed by atoms with E-state index in [4.69, 9.17) is 13.9 Å². The monoisotopic (exact) mass is 441 g/mol. The molecule has 1 aliphatic carbocycles. The van der Waals surface area contributed by atoms with Gasteiger partial charge in [0.15, 0.2) is 6.10 Å². The van der Waals surface area contributed by atoms with Gasteiger partial charge in [-0.1, -0.05) is 0 Å². The van der Waals surface area contributed by atoms with E-state index in [0.717, 1.165) is 40.7 Å². The van der Waals surface area contributed by atoms with Crippen molar-refractivity contribution in [3.63, 3.8) is 0 Å². The molecule has 0 aliphatic heterocycles. The highest BCUT2D eigenvalue weighted by Crippen LogP contribution is 2.39. The molecule has 0 saturated heterocycles. The van der Waals surface area contributed by atoms with Gasteiger partial charge >= 0.3 is 11.6 Å². The van der Waals surface area contributed by atoms with Crippen LogP contribution in [0.1, 0.15) is 46.6 Å². The molecule has 4 rings (SSSR count). The molecule has 1 amide bonds. The second-order valence-corrected chi connectivity index (χ2v) is 8.54. The number of carbonyl (C=O) groups is 2. The minimum absolute atomic E-state index is 0.272. The molecule has 3 aromatic rings. The number of esters is 1. The lowest BCUT2D eigenvalue weighted by Crippen LogP contribution is -2.30. The number of thiophene rings is 1. The van der Waals surface area contributed by atoms with Gasteiger partial charge in [0.1, 0.15) is 16.3 Å². The van der Waals surface area contributed by atoms with Gasteiger partial charge in [0.2, 0.25) is 0 Å². The van der Waals surface area contributed by atoms with Crippen LogP contribution in [0.25, 0.3) is 11.0 Å².